The van der Waals surface area contributed by atoms with Crippen molar-refractivity contribution in [1.29, 1.82) is 0 Å². The number of sulfonamides is 1. The molecule has 0 aliphatic heterocycles. The molecule has 0 heterocycles. The number of hydrogen-bond acceptors (Lipinski definition) is 5. The monoisotopic (exact) mass is 267 g/mol. The van der Waals surface area contributed by atoms with E-state index in [1.807, 2.05) is 0 Å². The number of amidine groups is 1. The fourth-order valence-electron chi connectivity index (χ4n) is 1.25. The molecule has 0 aliphatic carbocycles. The van der Waals surface area contributed by atoms with Gasteiger partial charge in [-0.05, 0) is 0 Å². The van der Waals surface area contributed by atoms with Gasteiger partial charge in [-0.25, -0.2) is 12.7 Å². The second kappa shape index (κ2) is 7.46. The lowest BCUT2D eigenvalue weighted by atomic mass is 10.1. The Hall–Kier alpha value is -0.860. The van der Waals surface area contributed by atoms with Gasteiger partial charge in [0.1, 0.15) is 5.84 Å². The summed E-state index contributed by atoms with van der Waals surface area (Å²) in [5.41, 5.74) is 5.42. The van der Waals surface area contributed by atoms with Crippen LogP contribution < -0.4 is 5.73 Å². The summed E-state index contributed by atoms with van der Waals surface area (Å²) in [7, 11) is -1.91. The van der Waals surface area contributed by atoms with Gasteiger partial charge < -0.3 is 15.7 Å². The van der Waals surface area contributed by atoms with Crippen LogP contribution in [0.3, 0.4) is 0 Å². The average Bonchev–Trinajstić information content (AvgIpc) is 2.31. The van der Waals surface area contributed by atoms with Crippen LogP contribution in [-0.2, 0) is 14.8 Å². The van der Waals surface area contributed by atoms with Crippen molar-refractivity contribution < 1.29 is 18.4 Å². The number of hydrogen-bond donors (Lipinski definition) is 2. The molecule has 0 bridgehead atoms. The van der Waals surface area contributed by atoms with Crippen LogP contribution in [0.25, 0.3) is 0 Å². The van der Waals surface area contributed by atoms with Gasteiger partial charge in [0.05, 0.1) is 12.4 Å². The first kappa shape index (κ1) is 16.1. The number of nitrogens with zero attached hydrogens (tertiary/aromatic N) is 2. The molecule has 0 spiro atoms. The minimum absolute atomic E-state index is 0.0189. The molecule has 102 valence electrons. The molecule has 0 aromatic rings. The molecule has 1 atom stereocenters. The minimum atomic E-state index is -3.36. The summed E-state index contributed by atoms with van der Waals surface area (Å²) in [6, 6.07) is 0. The molecule has 7 nitrogen and oxygen atoms in total. The Morgan fingerprint density at radius 1 is 1.59 bits per heavy atom. The highest BCUT2D eigenvalue weighted by atomic mass is 32.2. The van der Waals surface area contributed by atoms with Crippen molar-refractivity contribution in [3.63, 3.8) is 0 Å². The van der Waals surface area contributed by atoms with Gasteiger partial charge >= 0.3 is 0 Å². The number of methoxy groups -OCH3 is 1. The summed E-state index contributed by atoms with van der Waals surface area (Å²) in [6.45, 7) is 4.12. The second-order valence-electron chi connectivity index (χ2n) is 3.69. The third-order valence-corrected chi connectivity index (χ3v) is 4.27. The summed E-state index contributed by atoms with van der Waals surface area (Å²) in [4.78, 5) is 0. The zero-order chi connectivity index (χ0) is 13.5. The highest BCUT2D eigenvalue weighted by molar-refractivity contribution is 7.89. The molecule has 0 aliphatic rings. The summed E-state index contributed by atoms with van der Waals surface area (Å²) in [5.74, 6) is -0.386. The highest BCUT2D eigenvalue weighted by Crippen LogP contribution is 2.07. The minimum Gasteiger partial charge on any atom is -0.409 e. The van der Waals surface area contributed by atoms with Crippen molar-refractivity contribution in [2.24, 2.45) is 16.8 Å². The maximum Gasteiger partial charge on any atom is 0.216 e. The Balaban J connectivity index is 4.62. The second-order valence-corrected chi connectivity index (χ2v) is 5.77. The number of nitrogens with two attached hydrogens (primary N) is 1. The molecule has 0 saturated carbocycles. The van der Waals surface area contributed by atoms with Crippen molar-refractivity contribution in [3.8, 4) is 0 Å². The van der Waals surface area contributed by atoms with E-state index in [9.17, 15) is 8.42 Å². The average molecular weight is 267 g/mol. The Labute approximate surface area is 102 Å². The summed E-state index contributed by atoms with van der Waals surface area (Å²) in [6.07, 6.45) is 0. The highest BCUT2D eigenvalue weighted by Gasteiger charge is 2.23. The molecule has 1 unspecified atom stereocenters. The Morgan fingerprint density at radius 2 is 2.18 bits per heavy atom. The van der Waals surface area contributed by atoms with Crippen LogP contribution in [0.5, 0.6) is 0 Å². The van der Waals surface area contributed by atoms with Crippen molar-refractivity contribution >= 4 is 15.9 Å². The molecular formula is C9H21N3O4S. The molecule has 3 N–H and O–H groups in total. The van der Waals surface area contributed by atoms with Crippen molar-refractivity contribution in [1.82, 2.24) is 4.31 Å². The molecular weight excluding hydrogens is 246 g/mol. The number of ether oxygens (including phenoxy) is 1. The first-order valence-electron chi connectivity index (χ1n) is 5.33. The van der Waals surface area contributed by atoms with Gasteiger partial charge in [-0.1, -0.05) is 19.0 Å². The maximum atomic E-state index is 11.9. The van der Waals surface area contributed by atoms with E-state index in [-0.39, 0.29) is 30.7 Å². The lowest BCUT2D eigenvalue weighted by Gasteiger charge is -2.23. The van der Waals surface area contributed by atoms with Gasteiger partial charge in [-0.3, -0.25) is 0 Å². The molecule has 0 amide bonds. The Kier molecular flexibility index (Phi) is 7.09. The van der Waals surface area contributed by atoms with Crippen molar-refractivity contribution in [2.75, 3.05) is 32.6 Å². The van der Waals surface area contributed by atoms with Crippen LogP contribution in [-0.4, -0.2) is 56.3 Å². The summed E-state index contributed by atoms with van der Waals surface area (Å²) >= 11 is 0. The predicted octanol–water partition coefficient (Wildman–Crippen LogP) is -0.333. The summed E-state index contributed by atoms with van der Waals surface area (Å²) in [5, 5.41) is 11.4. The van der Waals surface area contributed by atoms with E-state index in [0.717, 1.165) is 0 Å². The zero-order valence-electron chi connectivity index (χ0n) is 10.5. The van der Waals surface area contributed by atoms with Crippen molar-refractivity contribution in [3.05, 3.63) is 0 Å². The quantitative estimate of drug-likeness (QED) is 0.271. The van der Waals surface area contributed by atoms with E-state index in [1.54, 1.807) is 13.8 Å². The van der Waals surface area contributed by atoms with Crippen LogP contribution >= 0.6 is 0 Å². The van der Waals surface area contributed by atoms with E-state index in [1.165, 1.54) is 11.4 Å². The van der Waals surface area contributed by atoms with E-state index in [4.69, 9.17) is 15.7 Å². The predicted molar refractivity (Wildman–Crippen MR) is 65.5 cm³/mol. The third kappa shape index (κ3) is 5.33. The molecule has 8 heteroatoms. The molecule has 17 heavy (non-hydrogen) atoms. The number of oxime groups is 1. The molecule has 0 rings (SSSR count). The van der Waals surface area contributed by atoms with Crippen molar-refractivity contribution in [2.45, 2.75) is 13.8 Å². The van der Waals surface area contributed by atoms with Gasteiger partial charge in [0, 0.05) is 26.1 Å². The fourth-order valence-corrected chi connectivity index (χ4v) is 2.73. The van der Waals surface area contributed by atoms with Gasteiger partial charge in [0.2, 0.25) is 10.0 Å². The van der Waals surface area contributed by atoms with Gasteiger partial charge in [-0.15, -0.1) is 0 Å². The third-order valence-electron chi connectivity index (χ3n) is 2.39. The van der Waals surface area contributed by atoms with E-state index >= 15 is 0 Å². The van der Waals surface area contributed by atoms with Crippen LogP contribution in [0.15, 0.2) is 5.16 Å². The molecule has 0 saturated heterocycles. The summed E-state index contributed by atoms with van der Waals surface area (Å²) < 4.78 is 29.8. The molecule has 0 aromatic heterocycles. The van der Waals surface area contributed by atoms with E-state index < -0.39 is 10.0 Å². The Bertz CT molecular complexity index is 342. The first-order valence-corrected chi connectivity index (χ1v) is 6.94. The normalized spacial score (nSPS) is 15.2. The van der Waals surface area contributed by atoms with Gasteiger partial charge in [0.25, 0.3) is 0 Å². The fraction of sp³-hybridized carbons (Fsp3) is 0.889. The van der Waals surface area contributed by atoms with E-state index in [2.05, 4.69) is 5.16 Å². The number of rotatable bonds is 8. The largest absolute Gasteiger partial charge is 0.409 e. The van der Waals surface area contributed by atoms with Crippen LogP contribution in [0.4, 0.5) is 0 Å². The van der Waals surface area contributed by atoms with Crippen LogP contribution in [0.1, 0.15) is 13.8 Å². The molecule has 0 aromatic carbocycles. The van der Waals surface area contributed by atoms with Gasteiger partial charge in [0.15, 0.2) is 0 Å². The van der Waals surface area contributed by atoms with Gasteiger partial charge in [-0.2, -0.15) is 0 Å². The standard InChI is InChI=1S/C9H21N3O4S/c1-4-12(7-8(2)9(10)11-13)17(14,15)6-5-16-3/h8,13H,4-7H2,1-3H3,(H2,10,11). The lowest BCUT2D eigenvalue weighted by molar-refractivity contribution is 0.215. The zero-order valence-corrected chi connectivity index (χ0v) is 11.3. The molecule has 0 radical (unpaired) electrons. The maximum absolute atomic E-state index is 11.9. The smallest absolute Gasteiger partial charge is 0.216 e. The lowest BCUT2D eigenvalue weighted by Crippen LogP contribution is -2.40. The first-order chi connectivity index (χ1) is 7.88. The molecule has 0 fully saturated rings. The SMILES string of the molecule is CCN(CC(C)/C(N)=N/O)S(=O)(=O)CCOC. The Morgan fingerprint density at radius 3 is 2.59 bits per heavy atom. The van der Waals surface area contributed by atoms with Crippen LogP contribution in [0.2, 0.25) is 0 Å². The van der Waals surface area contributed by atoms with E-state index in [0.29, 0.717) is 6.54 Å². The van der Waals surface area contributed by atoms with Crippen LogP contribution in [0, 0.1) is 5.92 Å². The topological polar surface area (TPSA) is 105 Å².